The van der Waals surface area contributed by atoms with Crippen molar-refractivity contribution in [1.82, 2.24) is 0 Å². The molecule has 0 aromatic heterocycles. The summed E-state index contributed by atoms with van der Waals surface area (Å²) in [6.07, 6.45) is 5.58. The number of nitrogens with zero attached hydrogens (tertiary/aromatic N) is 3. The van der Waals surface area contributed by atoms with E-state index >= 15 is 0 Å². The average molecular weight is 225 g/mol. The molecule has 1 aliphatic carbocycles. The van der Waals surface area contributed by atoms with Crippen molar-refractivity contribution < 1.29 is 9.53 Å². The van der Waals surface area contributed by atoms with Crippen LogP contribution < -0.4 is 0 Å². The SMILES string of the molecule is CCOC(=O)C1(CCCN=[N+]=[N-])CCCC1. The summed E-state index contributed by atoms with van der Waals surface area (Å²) in [5.41, 5.74) is 7.89. The Balaban J connectivity index is 2.51. The minimum absolute atomic E-state index is 0.0616. The molecule has 16 heavy (non-hydrogen) atoms. The first-order valence-electron chi connectivity index (χ1n) is 5.93. The van der Waals surface area contributed by atoms with Gasteiger partial charge in [-0.25, -0.2) is 0 Å². The summed E-state index contributed by atoms with van der Waals surface area (Å²) in [6.45, 7) is 2.75. The van der Waals surface area contributed by atoms with Crippen LogP contribution in [0.2, 0.25) is 0 Å². The van der Waals surface area contributed by atoms with Crippen LogP contribution in [-0.4, -0.2) is 19.1 Å². The first-order chi connectivity index (χ1) is 7.75. The van der Waals surface area contributed by atoms with Crippen molar-refractivity contribution >= 4 is 5.97 Å². The van der Waals surface area contributed by atoms with E-state index in [-0.39, 0.29) is 11.4 Å². The van der Waals surface area contributed by atoms with Crippen LogP contribution in [0.5, 0.6) is 0 Å². The van der Waals surface area contributed by atoms with E-state index in [0.717, 1.165) is 38.5 Å². The second-order valence-electron chi connectivity index (χ2n) is 4.27. The second-order valence-corrected chi connectivity index (χ2v) is 4.27. The third-order valence-electron chi connectivity index (χ3n) is 3.25. The summed E-state index contributed by atoms with van der Waals surface area (Å²) in [5, 5.41) is 3.50. The van der Waals surface area contributed by atoms with Gasteiger partial charge < -0.3 is 4.74 Å². The lowest BCUT2D eigenvalue weighted by Crippen LogP contribution is -2.30. The number of hydrogen-bond acceptors (Lipinski definition) is 3. The van der Waals surface area contributed by atoms with Crippen molar-refractivity contribution in [2.24, 2.45) is 10.5 Å². The third kappa shape index (κ3) is 3.14. The van der Waals surface area contributed by atoms with Gasteiger partial charge in [0.15, 0.2) is 0 Å². The first kappa shape index (κ1) is 12.8. The van der Waals surface area contributed by atoms with Crippen LogP contribution in [0.4, 0.5) is 0 Å². The molecule has 0 unspecified atom stereocenters. The fourth-order valence-corrected chi connectivity index (χ4v) is 2.43. The highest BCUT2D eigenvalue weighted by Gasteiger charge is 2.41. The van der Waals surface area contributed by atoms with Gasteiger partial charge in [0.25, 0.3) is 0 Å². The van der Waals surface area contributed by atoms with Gasteiger partial charge in [0.1, 0.15) is 0 Å². The smallest absolute Gasteiger partial charge is 0.312 e. The van der Waals surface area contributed by atoms with Gasteiger partial charge in [-0.3, -0.25) is 4.79 Å². The van der Waals surface area contributed by atoms with Gasteiger partial charge in [-0.1, -0.05) is 18.0 Å². The molecule has 0 aromatic rings. The molecule has 1 fully saturated rings. The van der Waals surface area contributed by atoms with Crippen LogP contribution in [0.3, 0.4) is 0 Å². The Morgan fingerprint density at radius 2 is 2.19 bits per heavy atom. The van der Waals surface area contributed by atoms with Gasteiger partial charge in [0, 0.05) is 11.5 Å². The van der Waals surface area contributed by atoms with E-state index in [0.29, 0.717) is 13.2 Å². The third-order valence-corrected chi connectivity index (χ3v) is 3.25. The summed E-state index contributed by atoms with van der Waals surface area (Å²) in [5.74, 6) is -0.0616. The molecule has 0 radical (unpaired) electrons. The fourth-order valence-electron chi connectivity index (χ4n) is 2.43. The van der Waals surface area contributed by atoms with E-state index in [1.165, 1.54) is 0 Å². The summed E-state index contributed by atoms with van der Waals surface area (Å²) in [4.78, 5) is 14.6. The van der Waals surface area contributed by atoms with Crippen LogP contribution >= 0.6 is 0 Å². The predicted molar refractivity (Wildman–Crippen MR) is 60.8 cm³/mol. The summed E-state index contributed by atoms with van der Waals surface area (Å²) in [7, 11) is 0. The summed E-state index contributed by atoms with van der Waals surface area (Å²) < 4.78 is 5.14. The zero-order valence-corrected chi connectivity index (χ0v) is 9.81. The molecule has 0 saturated heterocycles. The zero-order chi connectivity index (χ0) is 11.9. The Labute approximate surface area is 95.8 Å². The van der Waals surface area contributed by atoms with Gasteiger partial charge in [-0.15, -0.1) is 0 Å². The van der Waals surface area contributed by atoms with Crippen LogP contribution in [0.1, 0.15) is 45.4 Å². The number of carbonyl (C=O) groups excluding carboxylic acids is 1. The van der Waals surface area contributed by atoms with Crippen molar-refractivity contribution in [1.29, 1.82) is 0 Å². The normalized spacial score (nSPS) is 17.8. The number of rotatable bonds is 6. The molecule has 5 heteroatoms. The molecule has 0 N–H and O–H groups in total. The number of carbonyl (C=O) groups is 1. The molecular formula is C11H19N3O2. The molecule has 0 aromatic carbocycles. The van der Waals surface area contributed by atoms with E-state index in [1.807, 2.05) is 6.92 Å². The molecule has 0 aliphatic heterocycles. The van der Waals surface area contributed by atoms with Crippen molar-refractivity contribution in [2.75, 3.05) is 13.2 Å². The lowest BCUT2D eigenvalue weighted by molar-refractivity contribution is -0.155. The lowest BCUT2D eigenvalue weighted by Gasteiger charge is -2.26. The molecule has 90 valence electrons. The monoisotopic (exact) mass is 225 g/mol. The molecule has 0 atom stereocenters. The van der Waals surface area contributed by atoms with E-state index < -0.39 is 0 Å². The summed E-state index contributed by atoms with van der Waals surface area (Å²) >= 11 is 0. The molecule has 1 aliphatic rings. The van der Waals surface area contributed by atoms with Gasteiger partial charge >= 0.3 is 5.97 Å². The van der Waals surface area contributed by atoms with E-state index in [1.54, 1.807) is 0 Å². The van der Waals surface area contributed by atoms with Crippen LogP contribution in [0.15, 0.2) is 5.11 Å². The number of esters is 1. The Morgan fingerprint density at radius 3 is 2.75 bits per heavy atom. The van der Waals surface area contributed by atoms with Crippen LogP contribution in [-0.2, 0) is 9.53 Å². The number of azide groups is 1. The molecule has 5 nitrogen and oxygen atoms in total. The largest absolute Gasteiger partial charge is 0.466 e. The van der Waals surface area contributed by atoms with Crippen molar-refractivity contribution in [3.8, 4) is 0 Å². The van der Waals surface area contributed by atoms with Gasteiger partial charge in [-0.2, -0.15) is 0 Å². The standard InChI is InChI=1S/C11H19N3O2/c1-2-16-10(15)11(6-3-4-7-11)8-5-9-13-14-12/h2-9H2,1H3. The topological polar surface area (TPSA) is 75.1 Å². The predicted octanol–water partition coefficient (Wildman–Crippen LogP) is 3.20. The fraction of sp³-hybridized carbons (Fsp3) is 0.909. The molecular weight excluding hydrogens is 206 g/mol. The maximum absolute atomic E-state index is 11.9. The van der Waals surface area contributed by atoms with Gasteiger partial charge in [0.05, 0.1) is 12.0 Å². The Hall–Kier alpha value is -1.22. The Kier molecular flexibility index (Phi) is 5.12. The van der Waals surface area contributed by atoms with Gasteiger partial charge in [0.2, 0.25) is 0 Å². The van der Waals surface area contributed by atoms with E-state index in [4.69, 9.17) is 10.3 Å². The number of hydrogen-bond donors (Lipinski definition) is 0. The molecule has 1 rings (SSSR count). The Morgan fingerprint density at radius 1 is 1.50 bits per heavy atom. The molecule has 0 bridgehead atoms. The highest BCUT2D eigenvalue weighted by molar-refractivity contribution is 5.77. The summed E-state index contributed by atoms with van der Waals surface area (Å²) in [6, 6.07) is 0. The van der Waals surface area contributed by atoms with Crippen molar-refractivity contribution in [3.63, 3.8) is 0 Å². The average Bonchev–Trinajstić information content (AvgIpc) is 2.75. The number of ether oxygens (including phenoxy) is 1. The van der Waals surface area contributed by atoms with Gasteiger partial charge in [-0.05, 0) is 38.1 Å². The van der Waals surface area contributed by atoms with Crippen LogP contribution in [0, 0.1) is 5.41 Å². The maximum Gasteiger partial charge on any atom is 0.312 e. The second kappa shape index (κ2) is 6.38. The minimum atomic E-state index is -0.291. The van der Waals surface area contributed by atoms with Crippen LogP contribution in [0.25, 0.3) is 10.4 Å². The Bertz CT molecular complexity index is 279. The lowest BCUT2D eigenvalue weighted by atomic mass is 9.81. The highest BCUT2D eigenvalue weighted by Crippen LogP contribution is 2.43. The van der Waals surface area contributed by atoms with E-state index in [2.05, 4.69) is 10.0 Å². The van der Waals surface area contributed by atoms with Crippen molar-refractivity contribution in [3.05, 3.63) is 10.4 Å². The molecule has 1 saturated carbocycles. The minimum Gasteiger partial charge on any atom is -0.466 e. The quantitative estimate of drug-likeness (QED) is 0.229. The molecule has 0 spiro atoms. The molecule has 0 heterocycles. The van der Waals surface area contributed by atoms with E-state index in [9.17, 15) is 4.79 Å². The zero-order valence-electron chi connectivity index (χ0n) is 9.81. The molecule has 0 amide bonds. The maximum atomic E-state index is 11.9. The first-order valence-corrected chi connectivity index (χ1v) is 5.93. The van der Waals surface area contributed by atoms with Crippen molar-refractivity contribution in [2.45, 2.75) is 45.4 Å². The highest BCUT2D eigenvalue weighted by atomic mass is 16.5.